The van der Waals surface area contributed by atoms with Crippen LogP contribution >= 0.6 is 0 Å². The molecule has 1 aliphatic carbocycles. The lowest BCUT2D eigenvalue weighted by molar-refractivity contribution is 0.0600. The molecule has 114 valence electrons. The number of esters is 1. The van der Waals surface area contributed by atoms with Gasteiger partial charge in [0.05, 0.1) is 12.7 Å². The Morgan fingerprint density at radius 1 is 1.18 bits per heavy atom. The van der Waals surface area contributed by atoms with Crippen LogP contribution in [0, 0.1) is 0 Å². The molecular weight excluding hydrogens is 274 g/mol. The van der Waals surface area contributed by atoms with Crippen molar-refractivity contribution in [3.63, 3.8) is 0 Å². The van der Waals surface area contributed by atoms with Crippen LogP contribution in [-0.2, 0) is 17.7 Å². The minimum Gasteiger partial charge on any atom is -0.465 e. The van der Waals surface area contributed by atoms with Crippen molar-refractivity contribution in [3.8, 4) is 0 Å². The maximum atomic E-state index is 11.5. The molecule has 22 heavy (non-hydrogen) atoms. The Bertz CT molecular complexity index is 663. The lowest BCUT2D eigenvalue weighted by atomic mass is 10.1. The molecule has 0 bridgehead atoms. The van der Waals surface area contributed by atoms with Crippen molar-refractivity contribution in [3.05, 3.63) is 70.8 Å². The summed E-state index contributed by atoms with van der Waals surface area (Å²) in [5.74, 6) is -0.287. The van der Waals surface area contributed by atoms with Gasteiger partial charge in [0, 0.05) is 12.6 Å². The fraction of sp³-hybridized carbons (Fsp3) is 0.316. The number of hydrogen-bond donors (Lipinski definition) is 0. The summed E-state index contributed by atoms with van der Waals surface area (Å²) in [5, 5.41) is 0. The van der Waals surface area contributed by atoms with E-state index in [0.717, 1.165) is 13.0 Å². The molecule has 0 spiro atoms. The minimum atomic E-state index is -0.287. The number of nitrogens with zero attached hydrogens (tertiary/aromatic N) is 1. The summed E-state index contributed by atoms with van der Waals surface area (Å²) in [6, 6.07) is 16.9. The van der Waals surface area contributed by atoms with Crippen molar-refractivity contribution >= 4 is 5.97 Å². The van der Waals surface area contributed by atoms with E-state index in [0.29, 0.717) is 11.6 Å². The first kappa shape index (κ1) is 14.8. The van der Waals surface area contributed by atoms with Gasteiger partial charge in [0.1, 0.15) is 0 Å². The van der Waals surface area contributed by atoms with Crippen molar-refractivity contribution in [2.75, 3.05) is 14.2 Å². The highest BCUT2D eigenvalue weighted by Crippen LogP contribution is 2.35. The van der Waals surface area contributed by atoms with Crippen LogP contribution in [0.15, 0.2) is 48.5 Å². The molecule has 1 aliphatic rings. The Kier molecular flexibility index (Phi) is 4.25. The van der Waals surface area contributed by atoms with Crippen molar-refractivity contribution in [1.82, 2.24) is 4.90 Å². The second-order valence-corrected chi connectivity index (χ2v) is 5.86. The molecule has 0 fully saturated rings. The Morgan fingerprint density at radius 2 is 1.91 bits per heavy atom. The Labute approximate surface area is 131 Å². The van der Waals surface area contributed by atoms with Gasteiger partial charge in [-0.15, -0.1) is 0 Å². The predicted octanol–water partition coefficient (Wildman–Crippen LogP) is 3.59. The largest absolute Gasteiger partial charge is 0.465 e. The fourth-order valence-electron chi connectivity index (χ4n) is 3.25. The molecule has 0 aromatic heterocycles. The lowest BCUT2D eigenvalue weighted by Gasteiger charge is -2.25. The van der Waals surface area contributed by atoms with Gasteiger partial charge in [-0.25, -0.2) is 4.79 Å². The third kappa shape index (κ3) is 2.90. The summed E-state index contributed by atoms with van der Waals surface area (Å²) in [6.07, 6.45) is 2.34. The van der Waals surface area contributed by atoms with Crippen LogP contribution in [0.4, 0.5) is 0 Å². The highest BCUT2D eigenvalue weighted by atomic mass is 16.5. The first-order chi connectivity index (χ1) is 10.7. The lowest BCUT2D eigenvalue weighted by Crippen LogP contribution is -2.22. The average molecular weight is 295 g/mol. The second-order valence-electron chi connectivity index (χ2n) is 5.86. The number of benzene rings is 2. The predicted molar refractivity (Wildman–Crippen MR) is 86.8 cm³/mol. The van der Waals surface area contributed by atoms with E-state index in [4.69, 9.17) is 4.74 Å². The number of fused-ring (bicyclic) bond motifs is 1. The van der Waals surface area contributed by atoms with Gasteiger partial charge in [0.25, 0.3) is 0 Å². The van der Waals surface area contributed by atoms with Crippen molar-refractivity contribution in [2.45, 2.75) is 25.4 Å². The highest BCUT2D eigenvalue weighted by molar-refractivity contribution is 5.89. The van der Waals surface area contributed by atoms with E-state index in [-0.39, 0.29) is 5.97 Å². The zero-order valence-corrected chi connectivity index (χ0v) is 13.1. The summed E-state index contributed by atoms with van der Waals surface area (Å²) in [4.78, 5) is 13.8. The topological polar surface area (TPSA) is 29.5 Å². The third-order valence-electron chi connectivity index (χ3n) is 4.44. The molecule has 0 saturated carbocycles. The van der Waals surface area contributed by atoms with Gasteiger partial charge >= 0.3 is 5.97 Å². The number of ether oxygens (including phenoxy) is 1. The quantitative estimate of drug-likeness (QED) is 0.807. The summed E-state index contributed by atoms with van der Waals surface area (Å²) in [6.45, 7) is 0.875. The van der Waals surface area contributed by atoms with E-state index in [1.54, 1.807) is 0 Å². The number of rotatable bonds is 4. The van der Waals surface area contributed by atoms with Gasteiger partial charge in [-0.05, 0) is 48.7 Å². The third-order valence-corrected chi connectivity index (χ3v) is 4.44. The Morgan fingerprint density at radius 3 is 2.64 bits per heavy atom. The molecule has 2 aromatic rings. The number of methoxy groups -OCH3 is 1. The summed E-state index contributed by atoms with van der Waals surface area (Å²) >= 11 is 0. The van der Waals surface area contributed by atoms with Gasteiger partial charge in [-0.3, -0.25) is 4.90 Å². The van der Waals surface area contributed by atoms with Gasteiger partial charge in [-0.1, -0.05) is 36.4 Å². The first-order valence-electron chi connectivity index (χ1n) is 7.64. The van der Waals surface area contributed by atoms with Crippen molar-refractivity contribution < 1.29 is 9.53 Å². The van der Waals surface area contributed by atoms with Crippen molar-refractivity contribution in [2.24, 2.45) is 0 Å². The minimum absolute atomic E-state index is 0.287. The fourth-order valence-corrected chi connectivity index (χ4v) is 3.25. The summed E-state index contributed by atoms with van der Waals surface area (Å²) in [5.41, 5.74) is 4.73. The molecule has 0 saturated heterocycles. The summed E-state index contributed by atoms with van der Waals surface area (Å²) < 4.78 is 4.73. The van der Waals surface area contributed by atoms with Crippen LogP contribution in [0.3, 0.4) is 0 Å². The molecule has 3 heteroatoms. The normalized spacial score (nSPS) is 16.6. The zero-order valence-electron chi connectivity index (χ0n) is 13.1. The van der Waals surface area contributed by atoms with Crippen LogP contribution in [0.25, 0.3) is 0 Å². The van der Waals surface area contributed by atoms with Gasteiger partial charge in [0.2, 0.25) is 0 Å². The SMILES string of the molecule is COC(=O)c1ccc(CN(C)[C@@H]2CCc3ccccc32)cc1. The van der Waals surface area contributed by atoms with E-state index >= 15 is 0 Å². The maximum absolute atomic E-state index is 11.5. The van der Waals surface area contributed by atoms with Crippen molar-refractivity contribution in [1.29, 1.82) is 0 Å². The van der Waals surface area contributed by atoms with E-state index in [1.165, 1.54) is 30.2 Å². The molecule has 0 aliphatic heterocycles. The monoisotopic (exact) mass is 295 g/mol. The molecule has 0 heterocycles. The molecule has 0 amide bonds. The van der Waals surface area contributed by atoms with E-state index in [1.807, 2.05) is 24.3 Å². The van der Waals surface area contributed by atoms with Crippen LogP contribution in [0.1, 0.15) is 39.5 Å². The molecule has 3 rings (SSSR count). The second kappa shape index (κ2) is 6.32. The molecule has 1 atom stereocenters. The number of hydrogen-bond acceptors (Lipinski definition) is 3. The smallest absolute Gasteiger partial charge is 0.337 e. The zero-order chi connectivity index (χ0) is 15.5. The molecule has 0 radical (unpaired) electrons. The Hall–Kier alpha value is -2.13. The van der Waals surface area contributed by atoms with Crippen LogP contribution in [-0.4, -0.2) is 25.0 Å². The van der Waals surface area contributed by atoms with E-state index in [2.05, 4.69) is 36.2 Å². The van der Waals surface area contributed by atoms with Gasteiger partial charge < -0.3 is 4.74 Å². The van der Waals surface area contributed by atoms with Gasteiger partial charge in [0.15, 0.2) is 0 Å². The summed E-state index contributed by atoms with van der Waals surface area (Å²) in [7, 11) is 3.57. The molecular formula is C19H21NO2. The number of aryl methyl sites for hydroxylation is 1. The molecule has 2 aromatic carbocycles. The average Bonchev–Trinajstić information content (AvgIpc) is 2.99. The van der Waals surface area contributed by atoms with Crippen LogP contribution in [0.2, 0.25) is 0 Å². The maximum Gasteiger partial charge on any atom is 0.337 e. The van der Waals surface area contributed by atoms with Crippen LogP contribution < -0.4 is 0 Å². The highest BCUT2D eigenvalue weighted by Gasteiger charge is 2.25. The molecule has 0 unspecified atom stereocenters. The van der Waals surface area contributed by atoms with Crippen LogP contribution in [0.5, 0.6) is 0 Å². The standard InChI is InChI=1S/C19H21NO2/c1-20(18-12-11-15-5-3-4-6-17(15)18)13-14-7-9-16(10-8-14)19(21)22-2/h3-10,18H,11-13H2,1-2H3/t18-/m1/s1. The number of carbonyl (C=O) groups excluding carboxylic acids is 1. The molecule has 0 N–H and O–H groups in total. The van der Waals surface area contributed by atoms with E-state index in [9.17, 15) is 4.79 Å². The first-order valence-corrected chi connectivity index (χ1v) is 7.64. The Balaban J connectivity index is 1.70. The number of carbonyl (C=O) groups is 1. The van der Waals surface area contributed by atoms with E-state index < -0.39 is 0 Å². The molecule has 3 nitrogen and oxygen atoms in total. The van der Waals surface area contributed by atoms with Gasteiger partial charge in [-0.2, -0.15) is 0 Å².